The minimum absolute atomic E-state index is 0.0690. The maximum Gasteiger partial charge on any atom is 0.248 e. The largest absolute Gasteiger partial charge is 0.314 e. The fraction of sp³-hybridized carbons (Fsp3) is 0.467. The molecule has 0 atom stereocenters. The molecule has 6 heteroatoms. The first-order valence-corrected chi connectivity index (χ1v) is 7.02. The number of benzene rings is 1. The van der Waals surface area contributed by atoms with Crippen molar-refractivity contribution in [2.24, 2.45) is 5.92 Å². The number of nitrogens with zero attached hydrogens (tertiary/aromatic N) is 2. The molecule has 1 N–H and O–H groups in total. The maximum atomic E-state index is 12.9. The average molecular weight is 293 g/mol. The topological polar surface area (TPSA) is 52.7 Å². The Morgan fingerprint density at radius 2 is 2.00 bits per heavy atom. The molecule has 1 saturated heterocycles. The number of hydrogen-bond acceptors (Lipinski definition) is 3. The minimum Gasteiger partial charge on any atom is -0.314 e. The lowest BCUT2D eigenvalue weighted by molar-refractivity contribution is -0.130. The van der Waals surface area contributed by atoms with Gasteiger partial charge in [-0.3, -0.25) is 14.5 Å². The summed E-state index contributed by atoms with van der Waals surface area (Å²) in [5, 5.41) is 3.07. The molecule has 0 aromatic heterocycles. The van der Waals surface area contributed by atoms with E-state index in [0.29, 0.717) is 11.6 Å². The molecule has 0 bridgehead atoms. The van der Waals surface area contributed by atoms with Gasteiger partial charge in [-0.25, -0.2) is 4.39 Å². The summed E-state index contributed by atoms with van der Waals surface area (Å²) in [5.41, 5.74) is 0.604. The van der Waals surface area contributed by atoms with Gasteiger partial charge >= 0.3 is 0 Å². The molecule has 21 heavy (non-hydrogen) atoms. The highest BCUT2D eigenvalue weighted by molar-refractivity contribution is 6.00. The molecule has 0 aliphatic carbocycles. The number of amides is 2. The molecule has 0 spiro atoms. The van der Waals surface area contributed by atoms with Gasteiger partial charge in [0.2, 0.25) is 11.8 Å². The second-order valence-electron chi connectivity index (χ2n) is 5.56. The summed E-state index contributed by atoms with van der Waals surface area (Å²) >= 11 is 0. The van der Waals surface area contributed by atoms with Crippen LogP contribution in [-0.4, -0.2) is 43.0 Å². The predicted octanol–water partition coefficient (Wildman–Crippen LogP) is 1.20. The van der Waals surface area contributed by atoms with Gasteiger partial charge in [0.1, 0.15) is 19.0 Å². The second kappa shape index (κ2) is 6.67. The number of carbonyl (C=O) groups is 2. The van der Waals surface area contributed by atoms with Crippen molar-refractivity contribution in [3.05, 3.63) is 30.1 Å². The van der Waals surface area contributed by atoms with E-state index in [1.165, 1.54) is 34.1 Å². The Morgan fingerprint density at radius 3 is 2.62 bits per heavy atom. The highest BCUT2D eigenvalue weighted by Gasteiger charge is 2.31. The summed E-state index contributed by atoms with van der Waals surface area (Å²) < 4.78 is 12.9. The summed E-state index contributed by atoms with van der Waals surface area (Å²) in [6.45, 7) is 5.39. The number of carbonyl (C=O) groups excluding carboxylic acids is 2. The van der Waals surface area contributed by atoms with Gasteiger partial charge in [-0.15, -0.1) is 0 Å². The third-order valence-corrected chi connectivity index (χ3v) is 3.26. The van der Waals surface area contributed by atoms with E-state index < -0.39 is 0 Å². The van der Waals surface area contributed by atoms with E-state index in [0.717, 1.165) is 6.54 Å². The zero-order valence-corrected chi connectivity index (χ0v) is 12.3. The molecule has 114 valence electrons. The van der Waals surface area contributed by atoms with Gasteiger partial charge < -0.3 is 10.2 Å². The molecule has 1 aliphatic rings. The molecule has 5 nitrogen and oxygen atoms in total. The van der Waals surface area contributed by atoms with E-state index in [1.54, 1.807) is 0 Å². The summed E-state index contributed by atoms with van der Waals surface area (Å²) in [6, 6.07) is 5.69. The van der Waals surface area contributed by atoms with Crippen molar-refractivity contribution in [3.8, 4) is 0 Å². The van der Waals surface area contributed by atoms with Crippen LogP contribution in [-0.2, 0) is 9.59 Å². The normalized spacial score (nSPS) is 15.1. The van der Waals surface area contributed by atoms with Crippen LogP contribution in [0, 0.1) is 11.7 Å². The lowest BCUT2D eigenvalue weighted by Gasteiger charge is -2.18. The standard InChI is InChI=1S/C15H20FN3O2/c1-11(2)7-17-8-14(20)18-9-15(21)19(10-18)13-5-3-12(16)4-6-13/h3-6,11,17H,7-10H2,1-2H3. The van der Waals surface area contributed by atoms with E-state index >= 15 is 0 Å². The quantitative estimate of drug-likeness (QED) is 0.887. The number of rotatable bonds is 5. The molecule has 0 saturated carbocycles. The van der Waals surface area contributed by atoms with Crippen molar-refractivity contribution in [1.29, 1.82) is 0 Å². The van der Waals surface area contributed by atoms with Crippen molar-refractivity contribution < 1.29 is 14.0 Å². The monoisotopic (exact) mass is 293 g/mol. The number of hydrogen-bond donors (Lipinski definition) is 1. The minimum atomic E-state index is -0.351. The van der Waals surface area contributed by atoms with Crippen LogP contribution >= 0.6 is 0 Å². The molecule has 2 amide bonds. The van der Waals surface area contributed by atoms with Gasteiger partial charge in [0, 0.05) is 5.69 Å². The van der Waals surface area contributed by atoms with E-state index in [1.807, 2.05) is 0 Å². The van der Waals surface area contributed by atoms with E-state index in [9.17, 15) is 14.0 Å². The maximum absolute atomic E-state index is 12.9. The molecule has 1 fully saturated rings. The third-order valence-electron chi connectivity index (χ3n) is 3.26. The van der Waals surface area contributed by atoms with Crippen LogP contribution in [0.15, 0.2) is 24.3 Å². The van der Waals surface area contributed by atoms with Crippen LogP contribution in [0.4, 0.5) is 10.1 Å². The SMILES string of the molecule is CC(C)CNCC(=O)N1CC(=O)N(c2ccc(F)cc2)C1. The lowest BCUT2D eigenvalue weighted by atomic mass is 10.2. The number of anilines is 1. The van der Waals surface area contributed by atoms with Crippen LogP contribution < -0.4 is 10.2 Å². The van der Waals surface area contributed by atoms with E-state index in [2.05, 4.69) is 19.2 Å². The number of nitrogens with one attached hydrogen (secondary N) is 1. The van der Waals surface area contributed by atoms with Crippen LogP contribution in [0.2, 0.25) is 0 Å². The van der Waals surface area contributed by atoms with Crippen molar-refractivity contribution >= 4 is 17.5 Å². The first-order valence-electron chi connectivity index (χ1n) is 7.02. The van der Waals surface area contributed by atoms with Gasteiger partial charge in [-0.1, -0.05) is 13.8 Å². The average Bonchev–Trinajstić information content (AvgIpc) is 2.81. The second-order valence-corrected chi connectivity index (χ2v) is 5.56. The lowest BCUT2D eigenvalue weighted by Crippen LogP contribution is -2.38. The van der Waals surface area contributed by atoms with Gasteiger partial charge in [-0.2, -0.15) is 0 Å². The third kappa shape index (κ3) is 4.01. The first kappa shape index (κ1) is 15.4. The molecular formula is C15H20FN3O2. The Labute approximate surface area is 123 Å². The molecule has 1 aliphatic heterocycles. The van der Waals surface area contributed by atoms with Crippen molar-refractivity contribution in [1.82, 2.24) is 10.2 Å². The Kier molecular flexibility index (Phi) is 4.90. The molecule has 0 radical (unpaired) electrons. The Bertz CT molecular complexity index is 516. The fourth-order valence-electron chi connectivity index (χ4n) is 2.14. The van der Waals surface area contributed by atoms with Crippen LogP contribution in [0.1, 0.15) is 13.8 Å². The summed E-state index contributed by atoms with van der Waals surface area (Å²) in [5.74, 6) is -0.141. The van der Waals surface area contributed by atoms with Crippen LogP contribution in [0.3, 0.4) is 0 Å². The molecule has 1 heterocycles. The highest BCUT2D eigenvalue weighted by Crippen LogP contribution is 2.19. The Balaban J connectivity index is 1.93. The molecular weight excluding hydrogens is 273 g/mol. The molecule has 0 unspecified atom stereocenters. The molecule has 1 aromatic rings. The van der Waals surface area contributed by atoms with E-state index in [4.69, 9.17) is 0 Å². The van der Waals surface area contributed by atoms with Gasteiger partial charge in [-0.05, 0) is 36.7 Å². The van der Waals surface area contributed by atoms with Gasteiger partial charge in [0.25, 0.3) is 0 Å². The molecule has 2 rings (SSSR count). The van der Waals surface area contributed by atoms with Gasteiger partial charge in [0.05, 0.1) is 6.54 Å². The van der Waals surface area contributed by atoms with Crippen molar-refractivity contribution in [2.45, 2.75) is 13.8 Å². The van der Waals surface area contributed by atoms with E-state index in [-0.39, 0.29) is 37.4 Å². The van der Waals surface area contributed by atoms with Crippen LogP contribution in [0.25, 0.3) is 0 Å². The zero-order chi connectivity index (χ0) is 15.4. The highest BCUT2D eigenvalue weighted by atomic mass is 19.1. The van der Waals surface area contributed by atoms with Crippen molar-refractivity contribution in [2.75, 3.05) is 31.2 Å². The molecule has 1 aromatic carbocycles. The predicted molar refractivity (Wildman–Crippen MR) is 78.2 cm³/mol. The smallest absolute Gasteiger partial charge is 0.248 e. The summed E-state index contributed by atoms with van der Waals surface area (Å²) in [4.78, 5) is 27.0. The van der Waals surface area contributed by atoms with Crippen LogP contribution in [0.5, 0.6) is 0 Å². The number of halogens is 1. The van der Waals surface area contributed by atoms with Crippen molar-refractivity contribution in [3.63, 3.8) is 0 Å². The summed E-state index contributed by atoms with van der Waals surface area (Å²) in [7, 11) is 0. The Hall–Kier alpha value is -1.95. The summed E-state index contributed by atoms with van der Waals surface area (Å²) in [6.07, 6.45) is 0. The van der Waals surface area contributed by atoms with Gasteiger partial charge in [0.15, 0.2) is 0 Å². The zero-order valence-electron chi connectivity index (χ0n) is 12.3. The first-order chi connectivity index (χ1) is 9.97. The fourth-order valence-corrected chi connectivity index (χ4v) is 2.14. The Morgan fingerprint density at radius 1 is 1.33 bits per heavy atom.